The summed E-state index contributed by atoms with van der Waals surface area (Å²) in [4.78, 5) is 4.03. The molecular formula is C13H13N3O3. The molecule has 2 rings (SSSR count). The second kappa shape index (κ2) is 5.83. The van der Waals surface area contributed by atoms with E-state index in [4.69, 9.17) is 20.8 Å². The van der Waals surface area contributed by atoms with Gasteiger partial charge in [0, 0.05) is 17.8 Å². The van der Waals surface area contributed by atoms with Gasteiger partial charge in [-0.2, -0.15) is 0 Å². The molecule has 0 saturated heterocycles. The maximum Gasteiger partial charge on any atom is 0.219 e. The van der Waals surface area contributed by atoms with Crippen molar-refractivity contribution in [3.63, 3.8) is 0 Å². The van der Waals surface area contributed by atoms with Gasteiger partial charge < -0.3 is 20.8 Å². The van der Waals surface area contributed by atoms with Crippen LogP contribution >= 0.6 is 0 Å². The van der Waals surface area contributed by atoms with Crippen LogP contribution in [0.1, 0.15) is 11.1 Å². The van der Waals surface area contributed by atoms with Gasteiger partial charge in [0.15, 0.2) is 5.84 Å². The fourth-order valence-corrected chi connectivity index (χ4v) is 1.51. The normalized spacial score (nSPS) is 11.3. The van der Waals surface area contributed by atoms with Crippen LogP contribution in [0.4, 0.5) is 0 Å². The van der Waals surface area contributed by atoms with Crippen molar-refractivity contribution in [2.75, 3.05) is 0 Å². The second-order valence-corrected chi connectivity index (χ2v) is 3.78. The Labute approximate surface area is 109 Å². The number of nitrogens with zero attached hydrogens (tertiary/aromatic N) is 2. The summed E-state index contributed by atoms with van der Waals surface area (Å²) in [7, 11) is 0. The molecule has 0 aliphatic carbocycles. The molecule has 1 heterocycles. The number of oxime groups is 1. The Morgan fingerprint density at radius 2 is 2.16 bits per heavy atom. The number of aliphatic hydroxyl groups excluding tert-OH is 1. The lowest BCUT2D eigenvalue weighted by molar-refractivity contribution is 0.281. The van der Waals surface area contributed by atoms with E-state index >= 15 is 0 Å². The predicted molar refractivity (Wildman–Crippen MR) is 69.2 cm³/mol. The molecule has 6 nitrogen and oxygen atoms in total. The molecule has 1 aromatic carbocycles. The van der Waals surface area contributed by atoms with Crippen molar-refractivity contribution < 1.29 is 15.1 Å². The Morgan fingerprint density at radius 1 is 1.32 bits per heavy atom. The number of aliphatic hydroxyl groups is 1. The largest absolute Gasteiger partial charge is 0.439 e. The van der Waals surface area contributed by atoms with Crippen molar-refractivity contribution >= 4 is 5.84 Å². The smallest absolute Gasteiger partial charge is 0.219 e. The molecular weight excluding hydrogens is 246 g/mol. The average molecular weight is 259 g/mol. The summed E-state index contributed by atoms with van der Waals surface area (Å²) in [5.41, 5.74) is 6.73. The summed E-state index contributed by atoms with van der Waals surface area (Å²) in [5.74, 6) is 0.853. The lowest BCUT2D eigenvalue weighted by Crippen LogP contribution is -2.13. The van der Waals surface area contributed by atoms with Crippen LogP contribution in [0.3, 0.4) is 0 Å². The van der Waals surface area contributed by atoms with Gasteiger partial charge in [-0.05, 0) is 23.8 Å². The summed E-state index contributed by atoms with van der Waals surface area (Å²) < 4.78 is 5.54. The highest BCUT2D eigenvalue weighted by Gasteiger charge is 2.04. The lowest BCUT2D eigenvalue weighted by Gasteiger charge is -2.07. The zero-order valence-electron chi connectivity index (χ0n) is 10.0. The van der Waals surface area contributed by atoms with Crippen LogP contribution in [0.5, 0.6) is 11.6 Å². The first kappa shape index (κ1) is 12.8. The molecule has 98 valence electrons. The zero-order chi connectivity index (χ0) is 13.7. The molecule has 2 aromatic rings. The number of ether oxygens (including phenoxy) is 1. The van der Waals surface area contributed by atoms with Crippen LogP contribution in [0.2, 0.25) is 0 Å². The summed E-state index contributed by atoms with van der Waals surface area (Å²) in [5, 5.41) is 20.6. The Kier molecular flexibility index (Phi) is 3.94. The third-order valence-electron chi connectivity index (χ3n) is 2.44. The minimum Gasteiger partial charge on any atom is -0.439 e. The first-order valence-corrected chi connectivity index (χ1v) is 5.54. The van der Waals surface area contributed by atoms with Gasteiger partial charge in [-0.3, -0.25) is 0 Å². The number of benzene rings is 1. The molecule has 0 fully saturated rings. The number of aromatic nitrogens is 1. The molecule has 6 heteroatoms. The van der Waals surface area contributed by atoms with Gasteiger partial charge in [0.05, 0.1) is 6.61 Å². The Hall–Kier alpha value is -2.60. The van der Waals surface area contributed by atoms with Crippen molar-refractivity contribution in [2.24, 2.45) is 10.9 Å². The van der Waals surface area contributed by atoms with Crippen molar-refractivity contribution in [1.29, 1.82) is 0 Å². The van der Waals surface area contributed by atoms with E-state index in [0.29, 0.717) is 17.2 Å². The number of amidine groups is 1. The van der Waals surface area contributed by atoms with E-state index in [2.05, 4.69) is 10.1 Å². The maximum atomic E-state index is 9.05. The van der Waals surface area contributed by atoms with Gasteiger partial charge >= 0.3 is 0 Å². The van der Waals surface area contributed by atoms with Crippen LogP contribution < -0.4 is 10.5 Å². The van der Waals surface area contributed by atoms with Crippen molar-refractivity contribution in [1.82, 2.24) is 4.98 Å². The fraction of sp³-hybridized carbons (Fsp3) is 0.0769. The predicted octanol–water partition coefficient (Wildman–Crippen LogP) is 1.46. The van der Waals surface area contributed by atoms with Gasteiger partial charge in [-0.15, -0.1) is 0 Å². The molecule has 0 radical (unpaired) electrons. The van der Waals surface area contributed by atoms with Gasteiger partial charge in [0.1, 0.15) is 5.75 Å². The SMILES string of the molecule is NC(=NO)c1ccnc(Oc2cccc(CO)c2)c1. The van der Waals surface area contributed by atoms with Gasteiger partial charge in [0.2, 0.25) is 5.88 Å². The lowest BCUT2D eigenvalue weighted by atomic mass is 10.2. The van der Waals surface area contributed by atoms with E-state index in [1.165, 1.54) is 6.20 Å². The summed E-state index contributed by atoms with van der Waals surface area (Å²) >= 11 is 0. The Balaban J connectivity index is 2.23. The van der Waals surface area contributed by atoms with E-state index in [0.717, 1.165) is 5.56 Å². The minimum atomic E-state index is -0.0607. The third-order valence-corrected chi connectivity index (χ3v) is 2.44. The topological polar surface area (TPSA) is 101 Å². The quantitative estimate of drug-likeness (QED) is 0.334. The number of rotatable bonds is 4. The number of hydrogen-bond donors (Lipinski definition) is 3. The summed E-state index contributed by atoms with van der Waals surface area (Å²) in [6.07, 6.45) is 1.50. The minimum absolute atomic E-state index is 0.0173. The number of pyridine rings is 1. The van der Waals surface area contributed by atoms with Crippen LogP contribution in [0.25, 0.3) is 0 Å². The van der Waals surface area contributed by atoms with Crippen LogP contribution in [-0.2, 0) is 6.61 Å². The molecule has 0 bridgehead atoms. The monoisotopic (exact) mass is 259 g/mol. The van der Waals surface area contributed by atoms with E-state index in [9.17, 15) is 0 Å². The fourth-order valence-electron chi connectivity index (χ4n) is 1.51. The molecule has 0 saturated carbocycles. The molecule has 19 heavy (non-hydrogen) atoms. The molecule has 0 aliphatic rings. The summed E-state index contributed by atoms with van der Waals surface area (Å²) in [6, 6.07) is 10.2. The highest BCUT2D eigenvalue weighted by molar-refractivity contribution is 5.97. The molecule has 1 aromatic heterocycles. The number of hydrogen-bond acceptors (Lipinski definition) is 5. The van der Waals surface area contributed by atoms with Crippen LogP contribution in [0, 0.1) is 0 Å². The summed E-state index contributed by atoms with van der Waals surface area (Å²) in [6.45, 7) is -0.0607. The average Bonchev–Trinajstić information content (AvgIpc) is 2.47. The van der Waals surface area contributed by atoms with Gasteiger partial charge in [0.25, 0.3) is 0 Å². The van der Waals surface area contributed by atoms with Crippen molar-refractivity contribution in [2.45, 2.75) is 6.61 Å². The molecule has 0 atom stereocenters. The molecule has 0 unspecified atom stereocenters. The van der Waals surface area contributed by atoms with Crippen molar-refractivity contribution in [3.8, 4) is 11.6 Å². The van der Waals surface area contributed by atoms with Crippen LogP contribution in [0.15, 0.2) is 47.8 Å². The molecule has 0 aliphatic heterocycles. The van der Waals surface area contributed by atoms with E-state index in [1.54, 1.807) is 36.4 Å². The third kappa shape index (κ3) is 3.20. The van der Waals surface area contributed by atoms with Crippen molar-refractivity contribution in [3.05, 3.63) is 53.7 Å². The Morgan fingerprint density at radius 3 is 2.89 bits per heavy atom. The standard InChI is InChI=1S/C13H13N3O3/c14-13(16-18)10-4-5-15-12(7-10)19-11-3-1-2-9(6-11)8-17/h1-7,17-18H,8H2,(H2,14,16). The second-order valence-electron chi connectivity index (χ2n) is 3.78. The molecule has 4 N–H and O–H groups in total. The van der Waals surface area contributed by atoms with Crippen LogP contribution in [-0.4, -0.2) is 21.1 Å². The first-order chi connectivity index (χ1) is 9.22. The molecule has 0 spiro atoms. The Bertz CT molecular complexity index is 599. The maximum absolute atomic E-state index is 9.05. The van der Waals surface area contributed by atoms with E-state index < -0.39 is 0 Å². The van der Waals surface area contributed by atoms with Gasteiger partial charge in [-0.25, -0.2) is 4.98 Å². The highest BCUT2D eigenvalue weighted by Crippen LogP contribution is 2.21. The van der Waals surface area contributed by atoms with E-state index in [1.807, 2.05) is 0 Å². The first-order valence-electron chi connectivity index (χ1n) is 5.54. The highest BCUT2D eigenvalue weighted by atomic mass is 16.5. The van der Waals surface area contributed by atoms with Gasteiger partial charge in [-0.1, -0.05) is 17.3 Å². The van der Waals surface area contributed by atoms with E-state index in [-0.39, 0.29) is 12.4 Å². The number of nitrogens with two attached hydrogens (primary N) is 1. The zero-order valence-corrected chi connectivity index (χ0v) is 10.0. The molecule has 0 amide bonds.